The van der Waals surface area contributed by atoms with Crippen LogP contribution in [0.2, 0.25) is 0 Å². The Kier molecular flexibility index (Phi) is 3.46. The van der Waals surface area contributed by atoms with E-state index in [-0.39, 0.29) is 6.09 Å². The number of carbonyl (C=O) groups excluding carboxylic acids is 1. The Morgan fingerprint density at radius 3 is 2.57 bits per heavy atom. The zero-order chi connectivity index (χ0) is 14.9. The number of hydrogen-bond acceptors (Lipinski definition) is 2. The third-order valence-corrected chi connectivity index (χ3v) is 4.04. The molecule has 0 spiro atoms. The van der Waals surface area contributed by atoms with Gasteiger partial charge in [0.2, 0.25) is 0 Å². The first-order valence-corrected chi connectivity index (χ1v) is 7.21. The highest BCUT2D eigenvalue weighted by Gasteiger charge is 2.38. The van der Waals surface area contributed by atoms with E-state index >= 15 is 0 Å². The number of rotatable bonds is 2. The van der Waals surface area contributed by atoms with Gasteiger partial charge in [0.1, 0.15) is 13.4 Å². The van der Waals surface area contributed by atoms with Crippen molar-refractivity contribution in [2.75, 3.05) is 11.4 Å². The number of nitrogens with zero attached hydrogens (tertiary/aromatic N) is 1. The molecule has 2 aromatic carbocycles. The zero-order valence-electron chi connectivity index (χ0n) is 12.4. The van der Waals surface area contributed by atoms with Gasteiger partial charge in [0, 0.05) is 18.7 Å². The molecule has 2 aromatic rings. The Hall–Kier alpha value is -2.23. The topological polar surface area (TPSA) is 29.5 Å². The number of carbonyl (C=O) groups is 1. The number of anilines is 1. The summed E-state index contributed by atoms with van der Waals surface area (Å²) in [4.78, 5) is 14.1. The fourth-order valence-corrected chi connectivity index (χ4v) is 2.74. The standard InChI is InChI=1S/C17H18BNO2/c1-17(13-6-3-2-4-7-13)10-11-19(16(20)21-17)15-9-5-8-14(18)12-15/h2-9,12H,10-11,18H2,1H3. The van der Waals surface area contributed by atoms with E-state index in [9.17, 15) is 4.79 Å². The highest BCUT2D eigenvalue weighted by atomic mass is 16.6. The molecule has 0 N–H and O–H groups in total. The van der Waals surface area contributed by atoms with Gasteiger partial charge in [-0.1, -0.05) is 47.9 Å². The molecule has 3 nitrogen and oxygen atoms in total. The van der Waals surface area contributed by atoms with Crippen molar-refractivity contribution < 1.29 is 9.53 Å². The van der Waals surface area contributed by atoms with E-state index in [0.29, 0.717) is 6.54 Å². The second-order valence-electron chi connectivity index (χ2n) is 5.71. The van der Waals surface area contributed by atoms with Crippen LogP contribution in [0.1, 0.15) is 18.9 Å². The SMILES string of the molecule is Bc1cccc(N2CCC(C)(c3ccccc3)OC2=O)c1. The number of amides is 1. The van der Waals surface area contributed by atoms with Gasteiger partial charge < -0.3 is 4.74 Å². The summed E-state index contributed by atoms with van der Waals surface area (Å²) in [6, 6.07) is 17.9. The van der Waals surface area contributed by atoms with E-state index in [1.807, 2.05) is 69.4 Å². The average Bonchev–Trinajstić information content (AvgIpc) is 2.48. The van der Waals surface area contributed by atoms with Gasteiger partial charge in [0.25, 0.3) is 0 Å². The first kappa shape index (κ1) is 13.7. The summed E-state index contributed by atoms with van der Waals surface area (Å²) in [5, 5.41) is 0. The maximum atomic E-state index is 12.4. The van der Waals surface area contributed by atoms with Crippen molar-refractivity contribution in [1.82, 2.24) is 0 Å². The van der Waals surface area contributed by atoms with E-state index in [0.717, 1.165) is 23.1 Å². The molecular weight excluding hydrogens is 261 g/mol. The Morgan fingerprint density at radius 1 is 1.14 bits per heavy atom. The summed E-state index contributed by atoms with van der Waals surface area (Å²) < 4.78 is 5.75. The molecule has 1 saturated heterocycles. The van der Waals surface area contributed by atoms with Gasteiger partial charge in [0.15, 0.2) is 0 Å². The number of cyclic esters (lactones) is 1. The largest absolute Gasteiger partial charge is 0.438 e. The van der Waals surface area contributed by atoms with Crippen LogP contribution in [0.25, 0.3) is 0 Å². The van der Waals surface area contributed by atoms with E-state index < -0.39 is 5.60 Å². The Labute approximate surface area is 125 Å². The average molecular weight is 279 g/mol. The number of hydrogen-bond donors (Lipinski definition) is 0. The van der Waals surface area contributed by atoms with Crippen molar-refractivity contribution in [2.24, 2.45) is 0 Å². The molecule has 1 fully saturated rings. The molecule has 21 heavy (non-hydrogen) atoms. The van der Waals surface area contributed by atoms with Gasteiger partial charge in [-0.15, -0.1) is 0 Å². The van der Waals surface area contributed by atoms with Crippen molar-refractivity contribution in [3.8, 4) is 0 Å². The molecule has 1 amide bonds. The van der Waals surface area contributed by atoms with Crippen molar-refractivity contribution in [2.45, 2.75) is 18.9 Å². The molecule has 106 valence electrons. The minimum absolute atomic E-state index is 0.279. The summed E-state index contributed by atoms with van der Waals surface area (Å²) in [5.74, 6) is 0. The Morgan fingerprint density at radius 2 is 1.90 bits per heavy atom. The van der Waals surface area contributed by atoms with Gasteiger partial charge in [-0.3, -0.25) is 4.90 Å². The maximum absolute atomic E-state index is 12.4. The van der Waals surface area contributed by atoms with E-state index in [1.54, 1.807) is 4.90 Å². The zero-order valence-corrected chi connectivity index (χ0v) is 12.4. The minimum atomic E-state index is -0.543. The lowest BCUT2D eigenvalue weighted by Gasteiger charge is -2.39. The second-order valence-corrected chi connectivity index (χ2v) is 5.71. The van der Waals surface area contributed by atoms with Crippen LogP contribution in [0, 0.1) is 0 Å². The second kappa shape index (κ2) is 5.28. The maximum Gasteiger partial charge on any atom is 0.415 e. The van der Waals surface area contributed by atoms with Gasteiger partial charge >= 0.3 is 6.09 Å². The predicted molar refractivity (Wildman–Crippen MR) is 86.9 cm³/mol. The molecule has 4 heteroatoms. The summed E-state index contributed by atoms with van der Waals surface area (Å²) >= 11 is 0. The third kappa shape index (κ3) is 2.66. The summed E-state index contributed by atoms with van der Waals surface area (Å²) in [7, 11) is 2.02. The van der Waals surface area contributed by atoms with Crippen LogP contribution in [-0.4, -0.2) is 20.5 Å². The molecule has 0 saturated carbocycles. The molecule has 0 bridgehead atoms. The summed E-state index contributed by atoms with van der Waals surface area (Å²) in [5.41, 5.74) is 2.53. The first-order valence-electron chi connectivity index (χ1n) is 7.21. The van der Waals surface area contributed by atoms with Crippen LogP contribution in [0.15, 0.2) is 54.6 Å². The monoisotopic (exact) mass is 279 g/mol. The normalized spacial score (nSPS) is 22.0. The van der Waals surface area contributed by atoms with Crippen molar-refractivity contribution >= 4 is 25.1 Å². The molecule has 0 aromatic heterocycles. The fourth-order valence-electron chi connectivity index (χ4n) is 2.74. The lowest BCUT2D eigenvalue weighted by atomic mass is 9.90. The molecule has 0 aliphatic carbocycles. The van der Waals surface area contributed by atoms with Crippen molar-refractivity contribution in [1.29, 1.82) is 0 Å². The lowest BCUT2D eigenvalue weighted by Crippen LogP contribution is -2.46. The van der Waals surface area contributed by atoms with Crippen LogP contribution in [0.4, 0.5) is 10.5 Å². The molecular formula is C17H18BNO2. The van der Waals surface area contributed by atoms with Crippen LogP contribution < -0.4 is 10.4 Å². The van der Waals surface area contributed by atoms with Crippen LogP contribution in [0.3, 0.4) is 0 Å². The Balaban J connectivity index is 1.83. The molecule has 1 aliphatic rings. The minimum Gasteiger partial charge on any atom is -0.438 e. The van der Waals surface area contributed by atoms with Gasteiger partial charge in [-0.05, 0) is 24.6 Å². The third-order valence-electron chi connectivity index (χ3n) is 4.04. The molecule has 1 aliphatic heterocycles. The first-order chi connectivity index (χ1) is 10.1. The predicted octanol–water partition coefficient (Wildman–Crippen LogP) is 2.21. The van der Waals surface area contributed by atoms with Gasteiger partial charge in [-0.25, -0.2) is 4.79 Å². The van der Waals surface area contributed by atoms with Crippen molar-refractivity contribution in [3.63, 3.8) is 0 Å². The molecule has 1 atom stereocenters. The Bertz CT molecular complexity index is 659. The van der Waals surface area contributed by atoms with E-state index in [4.69, 9.17) is 4.74 Å². The van der Waals surface area contributed by atoms with Crippen LogP contribution in [-0.2, 0) is 10.3 Å². The smallest absolute Gasteiger partial charge is 0.415 e. The molecule has 1 heterocycles. The molecule has 1 unspecified atom stereocenters. The highest BCUT2D eigenvalue weighted by molar-refractivity contribution is 6.32. The molecule has 3 rings (SSSR count). The number of ether oxygens (including phenoxy) is 1. The van der Waals surface area contributed by atoms with Gasteiger partial charge in [-0.2, -0.15) is 0 Å². The summed E-state index contributed by atoms with van der Waals surface area (Å²) in [6.45, 7) is 2.64. The lowest BCUT2D eigenvalue weighted by molar-refractivity contribution is 0.00583. The molecule has 0 radical (unpaired) electrons. The van der Waals surface area contributed by atoms with Crippen molar-refractivity contribution in [3.05, 3.63) is 60.2 Å². The van der Waals surface area contributed by atoms with E-state index in [2.05, 4.69) is 0 Å². The van der Waals surface area contributed by atoms with Gasteiger partial charge in [0.05, 0.1) is 0 Å². The highest BCUT2D eigenvalue weighted by Crippen LogP contribution is 2.34. The quantitative estimate of drug-likeness (QED) is 0.789. The van der Waals surface area contributed by atoms with Crippen LogP contribution in [0.5, 0.6) is 0 Å². The summed E-state index contributed by atoms with van der Waals surface area (Å²) in [6.07, 6.45) is 0.495. The van der Waals surface area contributed by atoms with Crippen LogP contribution >= 0.6 is 0 Å². The van der Waals surface area contributed by atoms with E-state index in [1.165, 1.54) is 0 Å². The number of benzene rings is 2. The fraction of sp³-hybridized carbons (Fsp3) is 0.235.